The maximum atomic E-state index is 12.5. The van der Waals surface area contributed by atoms with Crippen LogP contribution in [0.1, 0.15) is 41.7 Å². The van der Waals surface area contributed by atoms with E-state index in [1.165, 1.54) is 39.3 Å². The molecule has 3 N–H and O–H groups in total. The van der Waals surface area contributed by atoms with Crippen LogP contribution in [0.4, 0.5) is 9.80 Å². The zero-order chi connectivity index (χ0) is 20.9. The second kappa shape index (κ2) is 9.90. The first-order valence-corrected chi connectivity index (χ1v) is 12.3. The minimum atomic E-state index is -0.0998. The highest BCUT2D eigenvalue weighted by Gasteiger charge is 2.19. The third-order valence-corrected chi connectivity index (χ3v) is 8.23. The van der Waals surface area contributed by atoms with Crippen LogP contribution in [0.3, 0.4) is 0 Å². The molecule has 4 rings (SSSR count). The fraction of sp³-hybridized carbons (Fsp3) is 0.435. The van der Waals surface area contributed by atoms with Crippen molar-refractivity contribution in [1.82, 2.24) is 15.2 Å². The average molecular weight is 443 g/mol. The summed E-state index contributed by atoms with van der Waals surface area (Å²) in [5.41, 5.74) is 4.13. The number of aromatic nitrogens is 1. The van der Waals surface area contributed by atoms with E-state index < -0.39 is 0 Å². The van der Waals surface area contributed by atoms with Crippen molar-refractivity contribution in [1.29, 1.82) is 0 Å². The molecule has 160 valence electrons. The number of thiophene rings is 1. The molecule has 1 aliphatic heterocycles. The lowest BCUT2D eigenvalue weighted by Crippen LogP contribution is -2.31. The number of thioether (sulfide) groups is 1. The van der Waals surface area contributed by atoms with Gasteiger partial charge in [0, 0.05) is 35.3 Å². The van der Waals surface area contributed by atoms with E-state index in [1.54, 1.807) is 23.1 Å². The smallest absolute Gasteiger partial charge is 0.319 e. The van der Waals surface area contributed by atoms with Crippen molar-refractivity contribution in [3.8, 4) is 0 Å². The fourth-order valence-corrected chi connectivity index (χ4v) is 6.42. The first-order valence-electron chi connectivity index (χ1n) is 10.7. The van der Waals surface area contributed by atoms with Crippen molar-refractivity contribution in [3.63, 3.8) is 0 Å². The minimum Gasteiger partial charge on any atom is -0.338 e. The van der Waals surface area contributed by atoms with Crippen LogP contribution in [-0.4, -0.2) is 30.2 Å². The Kier molecular flexibility index (Phi) is 7.02. The Balaban J connectivity index is 1.31. The second-order valence-electron chi connectivity index (χ2n) is 7.84. The van der Waals surface area contributed by atoms with Gasteiger partial charge in [-0.1, -0.05) is 23.9 Å². The molecule has 30 heavy (non-hydrogen) atoms. The zero-order valence-corrected chi connectivity index (χ0v) is 19.2. The standard InChI is InChI=1S/C23H30N4OS2/c1-16-19-7-3-4-8-20(19)30-22(16)26-23(28)25-12-10-18-9-11-24-15-21(18)29-17(2)27-13-5-6-14-27/h5-6,13-14,24H,2-4,7-12,15H2,1H3,(H2,25,26,28). The molecule has 0 unspecified atom stereocenters. The maximum absolute atomic E-state index is 12.5. The van der Waals surface area contributed by atoms with Crippen LogP contribution in [0.2, 0.25) is 0 Å². The third kappa shape index (κ3) is 5.02. The average Bonchev–Trinajstić information content (AvgIpc) is 3.39. The molecular weight excluding hydrogens is 412 g/mol. The van der Waals surface area contributed by atoms with Crippen LogP contribution in [0, 0.1) is 6.92 Å². The quantitative estimate of drug-likeness (QED) is 0.541. The molecule has 0 atom stereocenters. The Labute approximate surface area is 187 Å². The van der Waals surface area contributed by atoms with Gasteiger partial charge in [-0.05, 0) is 75.3 Å². The predicted molar refractivity (Wildman–Crippen MR) is 129 cm³/mol. The molecule has 2 aromatic heterocycles. The lowest BCUT2D eigenvalue weighted by molar-refractivity contribution is 0.252. The van der Waals surface area contributed by atoms with Crippen molar-refractivity contribution in [3.05, 3.63) is 57.6 Å². The molecule has 7 heteroatoms. The van der Waals surface area contributed by atoms with Gasteiger partial charge in [0.2, 0.25) is 0 Å². The summed E-state index contributed by atoms with van der Waals surface area (Å²) in [7, 11) is 0. The van der Waals surface area contributed by atoms with Crippen LogP contribution in [0.25, 0.3) is 5.03 Å². The molecule has 5 nitrogen and oxygen atoms in total. The Hall–Kier alpha value is -1.96. The molecular formula is C23H30N4OS2. The van der Waals surface area contributed by atoms with Crippen LogP contribution in [-0.2, 0) is 12.8 Å². The van der Waals surface area contributed by atoms with Gasteiger partial charge in [-0.2, -0.15) is 0 Å². The van der Waals surface area contributed by atoms with Gasteiger partial charge in [-0.3, -0.25) is 5.32 Å². The van der Waals surface area contributed by atoms with Crippen molar-refractivity contribution >= 4 is 39.2 Å². The molecule has 0 bridgehead atoms. The molecule has 0 radical (unpaired) electrons. The zero-order valence-electron chi connectivity index (χ0n) is 17.6. The Bertz CT molecular complexity index is 943. The van der Waals surface area contributed by atoms with E-state index in [9.17, 15) is 4.79 Å². The number of hydrogen-bond donors (Lipinski definition) is 3. The predicted octanol–water partition coefficient (Wildman–Crippen LogP) is 5.36. The van der Waals surface area contributed by atoms with Crippen molar-refractivity contribution < 1.29 is 4.79 Å². The van der Waals surface area contributed by atoms with Gasteiger partial charge in [0.15, 0.2) is 0 Å². The molecule has 0 saturated carbocycles. The van der Waals surface area contributed by atoms with Crippen LogP contribution < -0.4 is 16.0 Å². The molecule has 2 amide bonds. The molecule has 3 heterocycles. The lowest BCUT2D eigenvalue weighted by Gasteiger charge is -2.22. The Morgan fingerprint density at radius 1 is 1.27 bits per heavy atom. The number of anilines is 1. The highest BCUT2D eigenvalue weighted by atomic mass is 32.2. The summed E-state index contributed by atoms with van der Waals surface area (Å²) < 4.78 is 2.04. The molecule has 2 aliphatic rings. The molecule has 0 aromatic carbocycles. The van der Waals surface area contributed by atoms with Crippen LogP contribution >= 0.6 is 23.1 Å². The Morgan fingerprint density at radius 3 is 2.87 bits per heavy atom. The Morgan fingerprint density at radius 2 is 2.07 bits per heavy atom. The SMILES string of the molecule is C=C(SC1=C(CCNC(=O)Nc2sc3c(c2C)CCCC3)CCNC1)n1cccc1. The second-order valence-corrected chi connectivity index (χ2v) is 10.1. The lowest BCUT2D eigenvalue weighted by atomic mass is 9.96. The van der Waals surface area contributed by atoms with E-state index in [2.05, 4.69) is 29.5 Å². The van der Waals surface area contributed by atoms with Gasteiger partial charge in [0.25, 0.3) is 0 Å². The summed E-state index contributed by atoms with van der Waals surface area (Å²) in [4.78, 5) is 15.2. The summed E-state index contributed by atoms with van der Waals surface area (Å²) in [5, 5.41) is 11.6. The van der Waals surface area contributed by atoms with E-state index in [0.29, 0.717) is 6.54 Å². The van der Waals surface area contributed by atoms with E-state index in [0.717, 1.165) is 48.8 Å². The summed E-state index contributed by atoms with van der Waals surface area (Å²) in [6.45, 7) is 8.84. The van der Waals surface area contributed by atoms with Gasteiger partial charge in [-0.25, -0.2) is 4.79 Å². The normalized spacial score (nSPS) is 16.3. The molecule has 1 aliphatic carbocycles. The summed E-state index contributed by atoms with van der Waals surface area (Å²) in [6, 6.07) is 3.92. The molecule has 0 saturated heterocycles. The van der Waals surface area contributed by atoms with Gasteiger partial charge < -0.3 is 15.2 Å². The van der Waals surface area contributed by atoms with Crippen LogP contribution in [0.5, 0.6) is 0 Å². The molecule has 0 spiro atoms. The number of nitrogens with zero attached hydrogens (tertiary/aromatic N) is 1. The maximum Gasteiger partial charge on any atom is 0.319 e. The van der Waals surface area contributed by atoms with Crippen molar-refractivity contribution in [2.45, 2.75) is 45.4 Å². The van der Waals surface area contributed by atoms with Gasteiger partial charge >= 0.3 is 6.03 Å². The van der Waals surface area contributed by atoms with Crippen molar-refractivity contribution in [2.75, 3.05) is 25.0 Å². The van der Waals surface area contributed by atoms with E-state index in [-0.39, 0.29) is 6.03 Å². The van der Waals surface area contributed by atoms with Crippen LogP contribution in [0.15, 0.2) is 41.6 Å². The number of aryl methyl sites for hydroxylation is 1. The molecule has 0 fully saturated rings. The highest BCUT2D eigenvalue weighted by molar-refractivity contribution is 8.11. The topological polar surface area (TPSA) is 58.1 Å². The highest BCUT2D eigenvalue weighted by Crippen LogP contribution is 2.37. The minimum absolute atomic E-state index is 0.0998. The summed E-state index contributed by atoms with van der Waals surface area (Å²) in [6.07, 6.45) is 10.7. The first kappa shape index (κ1) is 21.3. The number of nitrogens with one attached hydrogen (secondary N) is 3. The fourth-order valence-electron chi connectivity index (χ4n) is 4.09. The van der Waals surface area contributed by atoms with E-state index in [4.69, 9.17) is 0 Å². The number of amides is 2. The summed E-state index contributed by atoms with van der Waals surface area (Å²) >= 11 is 3.48. The number of urea groups is 1. The number of fused-ring (bicyclic) bond motifs is 1. The number of carbonyl (C=O) groups is 1. The largest absolute Gasteiger partial charge is 0.338 e. The number of carbonyl (C=O) groups excluding carboxylic acids is 1. The monoisotopic (exact) mass is 442 g/mol. The number of rotatable bonds is 7. The van der Waals surface area contributed by atoms with Gasteiger partial charge in [-0.15, -0.1) is 11.3 Å². The van der Waals surface area contributed by atoms with E-state index in [1.807, 2.05) is 29.1 Å². The first-order chi connectivity index (χ1) is 14.6. The van der Waals surface area contributed by atoms with Gasteiger partial charge in [0.1, 0.15) is 0 Å². The van der Waals surface area contributed by atoms with E-state index >= 15 is 0 Å². The van der Waals surface area contributed by atoms with Crippen molar-refractivity contribution in [2.24, 2.45) is 0 Å². The third-order valence-electron chi connectivity index (χ3n) is 5.79. The number of hydrogen-bond acceptors (Lipinski definition) is 4. The summed E-state index contributed by atoms with van der Waals surface area (Å²) in [5.74, 6) is 0. The molecule has 2 aromatic rings. The van der Waals surface area contributed by atoms with Gasteiger partial charge in [0.05, 0.1) is 10.0 Å².